The van der Waals surface area contributed by atoms with Gasteiger partial charge in [-0.05, 0) is 55.7 Å². The number of halogens is 5. The molecule has 3 aromatic carbocycles. The minimum atomic E-state index is -1.10. The van der Waals surface area contributed by atoms with E-state index in [0.29, 0.717) is 48.5 Å². The molecule has 22 heteroatoms. The molecule has 69 heavy (non-hydrogen) atoms. The van der Waals surface area contributed by atoms with E-state index in [2.05, 4.69) is 39.5 Å². The number of hydrogen-bond acceptors (Lipinski definition) is 12. The summed E-state index contributed by atoms with van der Waals surface area (Å²) in [5.41, 5.74) is 7.91. The third kappa shape index (κ3) is 14.3. The first-order chi connectivity index (χ1) is 33.1. The number of nitrogens with two attached hydrogens (primary N) is 1. The second-order valence-electron chi connectivity index (χ2n) is 16.2. The van der Waals surface area contributed by atoms with Gasteiger partial charge in [-0.2, -0.15) is 0 Å². The van der Waals surface area contributed by atoms with Gasteiger partial charge >= 0.3 is 12.1 Å². The molecular formula is C47H53Cl3F2N10O7. The summed E-state index contributed by atoms with van der Waals surface area (Å²) in [7, 11) is 0. The lowest BCUT2D eigenvalue weighted by atomic mass is 10.1. The van der Waals surface area contributed by atoms with Crippen LogP contribution in [-0.4, -0.2) is 118 Å². The van der Waals surface area contributed by atoms with Gasteiger partial charge in [-0.1, -0.05) is 94.6 Å². The molecule has 3 heterocycles. The van der Waals surface area contributed by atoms with Crippen LogP contribution in [0.5, 0.6) is 0 Å². The van der Waals surface area contributed by atoms with Gasteiger partial charge in [-0.3, -0.25) is 29.7 Å². The average molecular weight is 1010 g/mol. The average Bonchev–Trinajstić information content (AvgIpc) is 3.83. The number of urea groups is 1. The van der Waals surface area contributed by atoms with E-state index in [1.807, 2.05) is 6.07 Å². The fourth-order valence-electron chi connectivity index (χ4n) is 7.54. The molecular weight excluding hydrogens is 961 g/mol. The molecule has 0 saturated carbocycles. The number of pyridine rings is 1. The number of hydroxylamine groups is 1. The molecule has 1 aliphatic rings. The quantitative estimate of drug-likeness (QED) is 0.0635. The number of carbonyl (C=O) groups excluding carboxylic acids is 4. The van der Waals surface area contributed by atoms with Crippen LogP contribution in [0.2, 0.25) is 15.1 Å². The molecule has 0 unspecified atom stereocenters. The summed E-state index contributed by atoms with van der Waals surface area (Å²) in [6.45, 7) is 6.12. The van der Waals surface area contributed by atoms with Crippen molar-refractivity contribution < 1.29 is 42.1 Å². The van der Waals surface area contributed by atoms with E-state index >= 15 is 4.39 Å². The van der Waals surface area contributed by atoms with Gasteiger partial charge in [0.2, 0.25) is 11.8 Å². The van der Waals surface area contributed by atoms with E-state index in [1.165, 1.54) is 71.7 Å². The summed E-state index contributed by atoms with van der Waals surface area (Å²) in [5.74, 6) is -2.24. The van der Waals surface area contributed by atoms with Crippen LogP contribution in [0.15, 0.2) is 95.6 Å². The van der Waals surface area contributed by atoms with E-state index < -0.39 is 55.0 Å². The number of piperazine rings is 1. The van der Waals surface area contributed by atoms with Crippen molar-refractivity contribution in [2.24, 2.45) is 5.73 Å². The number of nitrogens with zero attached hydrogens (tertiary/aromatic N) is 7. The molecule has 4 N–H and O–H groups in total. The number of rotatable bonds is 20. The van der Waals surface area contributed by atoms with E-state index in [4.69, 9.17) is 54.6 Å². The van der Waals surface area contributed by atoms with Gasteiger partial charge < -0.3 is 25.2 Å². The van der Waals surface area contributed by atoms with Gasteiger partial charge in [-0.15, -0.1) is 5.06 Å². The highest BCUT2D eigenvalue weighted by atomic mass is 35.5. The highest BCUT2D eigenvalue weighted by Crippen LogP contribution is 2.29. The van der Waals surface area contributed by atoms with Crippen LogP contribution >= 0.6 is 34.8 Å². The summed E-state index contributed by atoms with van der Waals surface area (Å²) < 4.78 is 40.8. The summed E-state index contributed by atoms with van der Waals surface area (Å²) in [4.78, 5) is 69.9. The fraction of sp³-hybridized carbons (Fsp3) is 0.362. The standard InChI is InChI=1S/C47H53Cl3F2N10O7/c1-30(2)58-19-21-59(22-20-58)42(64)18-16-36(29-68-62(43-23-40(57-69-43)32-9-5-4-6-10-32)46(65)55-25-33-11-7-13-38(51)44(33)49)61(31(3)63)60(27-34-12-8-14-39(52)45(34)50)37(24-53)28-67-47(66)56-41-17-15-35(48)26-54-41/h4-15,17,23,26,30,36-37H,16,18-22,24-25,27-29,53H2,1-3H3,(H,55,65)(H,54,56,66)/t36-,37-/m0/s1. The summed E-state index contributed by atoms with van der Waals surface area (Å²) in [5, 5.41) is 12.8. The second-order valence-corrected chi connectivity index (χ2v) is 17.4. The Bertz CT molecular complexity index is 2520. The Morgan fingerprint density at radius 2 is 1.55 bits per heavy atom. The van der Waals surface area contributed by atoms with E-state index in [9.17, 15) is 23.6 Å². The predicted octanol–water partition coefficient (Wildman–Crippen LogP) is 8.17. The molecule has 5 aromatic rings. The molecule has 0 aliphatic carbocycles. The van der Waals surface area contributed by atoms with Crippen LogP contribution in [0.3, 0.4) is 0 Å². The van der Waals surface area contributed by atoms with Gasteiger partial charge in [0.05, 0.1) is 33.8 Å². The molecule has 0 radical (unpaired) electrons. The lowest BCUT2D eigenvalue weighted by molar-refractivity contribution is -0.168. The third-order valence-corrected chi connectivity index (χ3v) is 12.3. The molecule has 0 spiro atoms. The molecule has 1 saturated heterocycles. The highest BCUT2D eigenvalue weighted by Gasteiger charge is 2.36. The van der Waals surface area contributed by atoms with Crippen molar-refractivity contribution in [3.05, 3.63) is 129 Å². The molecule has 2 atom stereocenters. The number of anilines is 2. The lowest BCUT2D eigenvalue weighted by Gasteiger charge is -2.44. The zero-order chi connectivity index (χ0) is 49.6. The zero-order valence-corrected chi connectivity index (χ0v) is 40.4. The first-order valence-corrected chi connectivity index (χ1v) is 23.2. The van der Waals surface area contributed by atoms with Crippen LogP contribution in [0.4, 0.5) is 30.1 Å². The van der Waals surface area contributed by atoms with Crippen molar-refractivity contribution >= 4 is 70.4 Å². The van der Waals surface area contributed by atoms with E-state index in [1.54, 1.807) is 35.2 Å². The minimum absolute atomic E-state index is 0.0446. The normalized spacial score (nSPS) is 13.8. The van der Waals surface area contributed by atoms with Crippen molar-refractivity contribution in [2.75, 3.05) is 56.3 Å². The zero-order valence-electron chi connectivity index (χ0n) is 38.1. The smallest absolute Gasteiger partial charge is 0.412 e. The predicted molar refractivity (Wildman–Crippen MR) is 257 cm³/mol. The largest absolute Gasteiger partial charge is 0.447 e. The van der Waals surface area contributed by atoms with Gasteiger partial charge in [0.15, 0.2) is 0 Å². The Morgan fingerprint density at radius 3 is 2.19 bits per heavy atom. The second kappa shape index (κ2) is 25.1. The van der Waals surface area contributed by atoms with Gasteiger partial charge in [0.25, 0.3) is 5.88 Å². The number of ether oxygens (including phenoxy) is 1. The molecule has 0 bridgehead atoms. The number of aromatic nitrogens is 2. The van der Waals surface area contributed by atoms with Crippen molar-refractivity contribution in [3.8, 4) is 11.3 Å². The van der Waals surface area contributed by atoms with Crippen LogP contribution in [-0.2, 0) is 32.3 Å². The van der Waals surface area contributed by atoms with Crippen LogP contribution in [0.25, 0.3) is 11.3 Å². The fourth-order valence-corrected chi connectivity index (χ4v) is 8.03. The van der Waals surface area contributed by atoms with Crippen molar-refractivity contribution in [1.29, 1.82) is 0 Å². The molecule has 1 aliphatic heterocycles. The molecule has 368 valence electrons. The van der Waals surface area contributed by atoms with Gasteiger partial charge in [0.1, 0.15) is 29.8 Å². The maximum Gasteiger partial charge on any atom is 0.412 e. The maximum absolute atomic E-state index is 15.0. The summed E-state index contributed by atoms with van der Waals surface area (Å²) >= 11 is 18.7. The molecule has 6 rings (SSSR count). The minimum Gasteiger partial charge on any atom is -0.447 e. The number of amides is 5. The van der Waals surface area contributed by atoms with Gasteiger partial charge in [-0.25, -0.2) is 28.4 Å². The lowest BCUT2D eigenvalue weighted by Crippen LogP contribution is -2.60. The summed E-state index contributed by atoms with van der Waals surface area (Å²) in [6.07, 6.45) is 0.298. The maximum atomic E-state index is 15.0. The Labute approximate surface area is 413 Å². The van der Waals surface area contributed by atoms with Crippen molar-refractivity contribution in [3.63, 3.8) is 0 Å². The van der Waals surface area contributed by atoms with Gasteiger partial charge in [0, 0.05) is 83.0 Å². The van der Waals surface area contributed by atoms with E-state index in [-0.39, 0.29) is 71.3 Å². The topological polar surface area (TPSA) is 192 Å². The Hall–Kier alpha value is -5.93. The van der Waals surface area contributed by atoms with Crippen molar-refractivity contribution in [2.45, 2.75) is 64.8 Å². The Kier molecular flexibility index (Phi) is 19.1. The van der Waals surface area contributed by atoms with Crippen molar-refractivity contribution in [1.82, 2.24) is 35.3 Å². The number of nitrogens with one attached hydrogen (secondary N) is 2. The monoisotopic (exact) mass is 1010 g/mol. The number of hydrogen-bond donors (Lipinski definition) is 3. The number of carbonyl (C=O) groups is 4. The van der Waals surface area contributed by atoms with Crippen LogP contribution in [0.1, 0.15) is 44.7 Å². The molecule has 17 nitrogen and oxygen atoms in total. The number of benzene rings is 3. The van der Waals surface area contributed by atoms with Crippen LogP contribution in [0, 0.1) is 11.6 Å². The molecule has 5 amide bonds. The highest BCUT2D eigenvalue weighted by molar-refractivity contribution is 6.32. The Morgan fingerprint density at radius 1 is 0.870 bits per heavy atom. The molecule has 1 fully saturated rings. The van der Waals surface area contributed by atoms with E-state index in [0.717, 1.165) is 5.06 Å². The Balaban J connectivity index is 1.35. The SMILES string of the molecule is CC(=O)N([C@@H](CCC(=O)N1CCN(C(C)C)CC1)CON(C(=O)NCc1cccc(F)c1Cl)c1cc(-c2ccccc2)no1)N(Cc1cccc(F)c1Cl)[C@@H](CN)COC(=O)Nc1ccc(Cl)cn1. The molecule has 2 aromatic heterocycles. The van der Waals surface area contributed by atoms with Crippen LogP contribution < -0.4 is 21.4 Å². The summed E-state index contributed by atoms with van der Waals surface area (Å²) in [6, 6.07) is 19.1. The number of hydrazine groups is 1. The first kappa shape index (κ1) is 52.4. The third-order valence-electron chi connectivity index (χ3n) is 11.3. The first-order valence-electron chi connectivity index (χ1n) is 22.1.